The van der Waals surface area contributed by atoms with Crippen LogP contribution in [0.2, 0.25) is 0 Å². The van der Waals surface area contributed by atoms with Crippen LogP contribution in [0.5, 0.6) is 0 Å². The second-order valence-electron chi connectivity index (χ2n) is 7.09. The Morgan fingerprint density at radius 2 is 1.96 bits per heavy atom. The third kappa shape index (κ3) is 2.62. The van der Waals surface area contributed by atoms with Gasteiger partial charge in [0.2, 0.25) is 0 Å². The Hall–Kier alpha value is -2.63. The second-order valence-corrected chi connectivity index (χ2v) is 7.09. The van der Waals surface area contributed by atoms with Crippen LogP contribution in [-0.2, 0) is 6.54 Å². The van der Waals surface area contributed by atoms with Crippen molar-refractivity contribution in [2.24, 2.45) is 5.92 Å². The first-order valence-electron chi connectivity index (χ1n) is 8.54. The van der Waals surface area contributed by atoms with Crippen LogP contribution in [0.15, 0.2) is 38.3 Å². The van der Waals surface area contributed by atoms with Gasteiger partial charge in [0, 0.05) is 43.4 Å². The first-order chi connectivity index (χ1) is 11.9. The molecule has 130 valence electrons. The minimum absolute atomic E-state index is 0.0310. The number of amides is 1. The maximum absolute atomic E-state index is 13.1. The molecule has 0 radical (unpaired) electrons. The fourth-order valence-electron chi connectivity index (χ4n) is 4.30. The second kappa shape index (κ2) is 5.72. The lowest BCUT2D eigenvalue weighted by Crippen LogP contribution is -2.49. The summed E-state index contributed by atoms with van der Waals surface area (Å²) in [7, 11) is 0. The lowest BCUT2D eigenvalue weighted by atomic mass is 9.83. The Bertz CT molecular complexity index is 946. The van der Waals surface area contributed by atoms with Crippen LogP contribution in [-0.4, -0.2) is 28.5 Å². The van der Waals surface area contributed by atoms with Gasteiger partial charge in [0.1, 0.15) is 5.76 Å². The van der Waals surface area contributed by atoms with Crippen molar-refractivity contribution in [3.63, 3.8) is 0 Å². The molecule has 0 saturated carbocycles. The van der Waals surface area contributed by atoms with Crippen molar-refractivity contribution in [3.05, 3.63) is 67.6 Å². The molecule has 0 spiro atoms. The zero-order valence-corrected chi connectivity index (χ0v) is 14.3. The van der Waals surface area contributed by atoms with E-state index in [1.165, 1.54) is 6.07 Å². The van der Waals surface area contributed by atoms with Crippen molar-refractivity contribution in [1.82, 2.24) is 9.47 Å². The summed E-state index contributed by atoms with van der Waals surface area (Å²) in [5, 5.41) is 0. The smallest absolute Gasteiger partial charge is 0.336 e. The number of piperidine rings is 1. The van der Waals surface area contributed by atoms with E-state index in [0.29, 0.717) is 36.5 Å². The molecule has 2 aliphatic heterocycles. The van der Waals surface area contributed by atoms with Crippen LogP contribution in [0.25, 0.3) is 0 Å². The SMILES string of the molecule is Cc1cc(=O)oc(C)c1C(=O)N1C[C@@H]2C[C@@H](C1)c1cccc(=O)n1C2. The number of rotatable bonds is 1. The fourth-order valence-corrected chi connectivity index (χ4v) is 4.30. The van der Waals surface area contributed by atoms with Crippen LogP contribution in [0.4, 0.5) is 0 Å². The number of hydrogen-bond donors (Lipinski definition) is 0. The number of carbonyl (C=O) groups excluding carboxylic acids is 1. The molecule has 2 aromatic rings. The quantitative estimate of drug-likeness (QED) is 0.792. The number of aryl methyl sites for hydroxylation is 2. The van der Waals surface area contributed by atoms with E-state index in [-0.39, 0.29) is 23.3 Å². The number of aromatic nitrogens is 1. The molecule has 2 atom stereocenters. The maximum atomic E-state index is 13.1. The zero-order valence-electron chi connectivity index (χ0n) is 14.3. The molecule has 1 saturated heterocycles. The summed E-state index contributed by atoms with van der Waals surface area (Å²) in [6.07, 6.45) is 0.995. The molecule has 0 aromatic carbocycles. The molecule has 2 bridgehead atoms. The van der Waals surface area contributed by atoms with Gasteiger partial charge in [-0.1, -0.05) is 6.07 Å². The van der Waals surface area contributed by atoms with E-state index in [4.69, 9.17) is 4.42 Å². The van der Waals surface area contributed by atoms with Gasteiger partial charge in [-0.25, -0.2) is 4.79 Å². The predicted molar refractivity (Wildman–Crippen MR) is 91.9 cm³/mol. The molecule has 0 N–H and O–H groups in total. The van der Waals surface area contributed by atoms with Crippen LogP contribution in [0.3, 0.4) is 0 Å². The van der Waals surface area contributed by atoms with Crippen molar-refractivity contribution in [3.8, 4) is 0 Å². The van der Waals surface area contributed by atoms with E-state index in [1.807, 2.05) is 15.5 Å². The number of pyridine rings is 1. The molecule has 25 heavy (non-hydrogen) atoms. The Labute approximate surface area is 144 Å². The average molecular weight is 340 g/mol. The highest BCUT2D eigenvalue weighted by molar-refractivity contribution is 5.96. The first-order valence-corrected chi connectivity index (χ1v) is 8.54. The molecular formula is C19H20N2O4. The largest absolute Gasteiger partial charge is 0.427 e. The summed E-state index contributed by atoms with van der Waals surface area (Å²) >= 11 is 0. The normalized spacial score (nSPS) is 21.8. The lowest BCUT2D eigenvalue weighted by Gasteiger charge is -2.42. The Morgan fingerprint density at radius 1 is 1.16 bits per heavy atom. The summed E-state index contributed by atoms with van der Waals surface area (Å²) in [4.78, 5) is 38.5. The molecule has 0 unspecified atom stereocenters. The average Bonchev–Trinajstić information content (AvgIpc) is 2.54. The van der Waals surface area contributed by atoms with Crippen LogP contribution in [0, 0.1) is 19.8 Å². The number of nitrogens with zero attached hydrogens (tertiary/aromatic N) is 2. The van der Waals surface area contributed by atoms with Crippen molar-refractivity contribution in [1.29, 1.82) is 0 Å². The highest BCUT2D eigenvalue weighted by Crippen LogP contribution is 2.35. The van der Waals surface area contributed by atoms with Gasteiger partial charge in [0.05, 0.1) is 5.56 Å². The summed E-state index contributed by atoms with van der Waals surface area (Å²) in [5.74, 6) is 0.704. The van der Waals surface area contributed by atoms with Gasteiger partial charge in [0.15, 0.2) is 0 Å². The van der Waals surface area contributed by atoms with Gasteiger partial charge < -0.3 is 13.9 Å². The van der Waals surface area contributed by atoms with E-state index in [2.05, 4.69) is 0 Å². The highest BCUT2D eigenvalue weighted by atomic mass is 16.4. The molecular weight excluding hydrogens is 320 g/mol. The van der Waals surface area contributed by atoms with Crippen LogP contribution < -0.4 is 11.2 Å². The topological polar surface area (TPSA) is 72.5 Å². The summed E-state index contributed by atoms with van der Waals surface area (Å²) in [6.45, 7) is 5.26. The van der Waals surface area contributed by atoms with Gasteiger partial charge in [-0.05, 0) is 37.8 Å². The minimum Gasteiger partial charge on any atom is -0.427 e. The van der Waals surface area contributed by atoms with E-state index in [1.54, 1.807) is 26.0 Å². The molecule has 4 rings (SSSR count). The van der Waals surface area contributed by atoms with E-state index >= 15 is 0 Å². The third-order valence-electron chi connectivity index (χ3n) is 5.32. The first kappa shape index (κ1) is 15.9. The van der Waals surface area contributed by atoms with E-state index in [9.17, 15) is 14.4 Å². The van der Waals surface area contributed by atoms with Gasteiger partial charge in [-0.3, -0.25) is 9.59 Å². The van der Waals surface area contributed by atoms with Crippen molar-refractivity contribution in [2.45, 2.75) is 32.7 Å². The molecule has 0 aliphatic carbocycles. The maximum Gasteiger partial charge on any atom is 0.336 e. The molecule has 6 heteroatoms. The van der Waals surface area contributed by atoms with Crippen molar-refractivity contribution in [2.75, 3.05) is 13.1 Å². The molecule has 2 aromatic heterocycles. The number of fused-ring (bicyclic) bond motifs is 4. The fraction of sp³-hybridized carbons (Fsp3) is 0.421. The van der Waals surface area contributed by atoms with Crippen molar-refractivity contribution >= 4 is 5.91 Å². The minimum atomic E-state index is -0.435. The predicted octanol–water partition coefficient (Wildman–Crippen LogP) is 1.68. The monoisotopic (exact) mass is 340 g/mol. The Morgan fingerprint density at radius 3 is 2.72 bits per heavy atom. The highest BCUT2D eigenvalue weighted by Gasteiger charge is 2.37. The molecule has 6 nitrogen and oxygen atoms in total. The standard InChI is InChI=1S/C19H20N2O4/c1-11-6-17(23)25-12(2)18(11)19(24)20-8-13-7-14(10-20)15-4-3-5-16(22)21(15)9-13/h3-6,13-14H,7-10H2,1-2H3/t13-,14-/m0/s1. The van der Waals surface area contributed by atoms with E-state index < -0.39 is 5.63 Å². The van der Waals surface area contributed by atoms with E-state index in [0.717, 1.165) is 12.1 Å². The summed E-state index contributed by atoms with van der Waals surface area (Å²) < 4.78 is 6.96. The van der Waals surface area contributed by atoms with Gasteiger partial charge >= 0.3 is 5.63 Å². The van der Waals surface area contributed by atoms with Crippen molar-refractivity contribution < 1.29 is 9.21 Å². The van der Waals surface area contributed by atoms with Gasteiger partial charge in [-0.2, -0.15) is 0 Å². The van der Waals surface area contributed by atoms with Crippen LogP contribution >= 0.6 is 0 Å². The zero-order chi connectivity index (χ0) is 17.7. The third-order valence-corrected chi connectivity index (χ3v) is 5.32. The number of likely N-dealkylation sites (tertiary alicyclic amines) is 1. The molecule has 1 amide bonds. The summed E-state index contributed by atoms with van der Waals surface area (Å²) in [5.41, 5.74) is 1.73. The number of hydrogen-bond acceptors (Lipinski definition) is 4. The Kier molecular flexibility index (Phi) is 3.63. The lowest BCUT2D eigenvalue weighted by molar-refractivity contribution is 0.0590. The van der Waals surface area contributed by atoms with Gasteiger partial charge in [0.25, 0.3) is 11.5 Å². The molecule has 4 heterocycles. The number of carbonyl (C=O) groups is 1. The Balaban J connectivity index is 1.68. The molecule has 2 aliphatic rings. The van der Waals surface area contributed by atoms with Crippen LogP contribution in [0.1, 0.15) is 39.7 Å². The molecule has 1 fully saturated rings. The van der Waals surface area contributed by atoms with Gasteiger partial charge in [-0.15, -0.1) is 0 Å². The summed E-state index contributed by atoms with van der Waals surface area (Å²) in [6, 6.07) is 6.72.